The molecule has 1 nitrogen and oxygen atoms in total. The van der Waals surface area contributed by atoms with Crippen molar-refractivity contribution in [1.29, 1.82) is 0 Å². The first-order valence-corrected chi connectivity index (χ1v) is 6.96. The molecule has 102 valence electrons. The van der Waals surface area contributed by atoms with E-state index in [1.54, 1.807) is 12.1 Å². The monoisotopic (exact) mass is 251 g/mol. The second-order valence-corrected chi connectivity index (χ2v) is 5.59. The van der Waals surface area contributed by atoms with Crippen LogP contribution in [0.15, 0.2) is 18.2 Å². The van der Waals surface area contributed by atoms with Crippen molar-refractivity contribution in [2.75, 3.05) is 13.1 Å². The van der Waals surface area contributed by atoms with E-state index in [2.05, 4.69) is 26.1 Å². The van der Waals surface area contributed by atoms with Crippen LogP contribution in [0.3, 0.4) is 0 Å². The molecule has 0 aromatic heterocycles. The van der Waals surface area contributed by atoms with Crippen LogP contribution in [-0.2, 0) is 6.42 Å². The zero-order valence-corrected chi connectivity index (χ0v) is 12.1. The third-order valence-electron chi connectivity index (χ3n) is 3.75. The van der Waals surface area contributed by atoms with Crippen LogP contribution in [0, 0.1) is 18.2 Å². The Labute approximate surface area is 111 Å². The van der Waals surface area contributed by atoms with Crippen LogP contribution in [0.25, 0.3) is 0 Å². The van der Waals surface area contributed by atoms with Crippen molar-refractivity contribution in [1.82, 2.24) is 5.32 Å². The Morgan fingerprint density at radius 1 is 1.28 bits per heavy atom. The van der Waals surface area contributed by atoms with E-state index in [0.29, 0.717) is 0 Å². The van der Waals surface area contributed by atoms with Crippen molar-refractivity contribution in [3.8, 4) is 0 Å². The summed E-state index contributed by atoms with van der Waals surface area (Å²) >= 11 is 0. The van der Waals surface area contributed by atoms with Crippen molar-refractivity contribution >= 4 is 0 Å². The molecule has 0 saturated carbocycles. The van der Waals surface area contributed by atoms with Gasteiger partial charge in [0.05, 0.1) is 0 Å². The number of halogens is 1. The van der Waals surface area contributed by atoms with Crippen LogP contribution < -0.4 is 5.32 Å². The van der Waals surface area contributed by atoms with Crippen LogP contribution in [0.4, 0.5) is 4.39 Å². The molecule has 1 N–H and O–H groups in total. The lowest BCUT2D eigenvalue weighted by molar-refractivity contribution is 0.290. The first-order chi connectivity index (χ1) is 8.50. The highest BCUT2D eigenvalue weighted by Crippen LogP contribution is 2.27. The lowest BCUT2D eigenvalue weighted by Gasteiger charge is -2.29. The van der Waals surface area contributed by atoms with E-state index >= 15 is 0 Å². The van der Waals surface area contributed by atoms with Crippen LogP contribution in [-0.4, -0.2) is 13.1 Å². The Balaban J connectivity index is 2.71. The topological polar surface area (TPSA) is 12.0 Å². The molecular formula is C16H26FN. The number of hydrogen-bond acceptors (Lipinski definition) is 1. The van der Waals surface area contributed by atoms with E-state index in [1.165, 1.54) is 5.56 Å². The molecule has 0 radical (unpaired) electrons. The summed E-state index contributed by atoms with van der Waals surface area (Å²) < 4.78 is 13.1. The Bertz CT molecular complexity index is 375. The van der Waals surface area contributed by atoms with Crippen molar-refractivity contribution in [3.05, 3.63) is 35.1 Å². The molecule has 1 atom stereocenters. The van der Waals surface area contributed by atoms with Gasteiger partial charge in [-0.1, -0.05) is 26.8 Å². The summed E-state index contributed by atoms with van der Waals surface area (Å²) in [6, 6.07) is 5.13. The van der Waals surface area contributed by atoms with Gasteiger partial charge in [-0.3, -0.25) is 0 Å². The molecule has 0 saturated heterocycles. The van der Waals surface area contributed by atoms with E-state index in [-0.39, 0.29) is 11.2 Å². The zero-order valence-electron chi connectivity index (χ0n) is 12.1. The van der Waals surface area contributed by atoms with Gasteiger partial charge in [0.2, 0.25) is 0 Å². The van der Waals surface area contributed by atoms with Crippen molar-refractivity contribution in [2.24, 2.45) is 5.41 Å². The van der Waals surface area contributed by atoms with E-state index < -0.39 is 0 Å². The molecule has 0 spiro atoms. The number of benzene rings is 1. The van der Waals surface area contributed by atoms with Gasteiger partial charge in [0.15, 0.2) is 0 Å². The standard InChI is InChI=1S/C16H26FN/c1-5-9-18-12-16(4,6-2)11-14-7-8-15(17)10-13(14)3/h7-8,10,18H,5-6,9,11-12H2,1-4H3. The highest BCUT2D eigenvalue weighted by molar-refractivity contribution is 5.27. The van der Waals surface area contributed by atoms with E-state index in [4.69, 9.17) is 0 Å². The Kier molecular flexibility index (Phi) is 5.80. The molecule has 1 rings (SSSR count). The summed E-state index contributed by atoms with van der Waals surface area (Å²) in [5.74, 6) is -0.140. The number of hydrogen-bond donors (Lipinski definition) is 1. The predicted molar refractivity (Wildman–Crippen MR) is 76.4 cm³/mol. The maximum absolute atomic E-state index is 13.1. The summed E-state index contributed by atoms with van der Waals surface area (Å²) in [6.07, 6.45) is 3.29. The quantitative estimate of drug-likeness (QED) is 0.720. The molecule has 2 heteroatoms. The third kappa shape index (κ3) is 4.41. The van der Waals surface area contributed by atoms with Crippen LogP contribution in [0.5, 0.6) is 0 Å². The average Bonchev–Trinajstić information content (AvgIpc) is 2.33. The fourth-order valence-corrected chi connectivity index (χ4v) is 2.20. The maximum atomic E-state index is 13.1. The van der Waals surface area contributed by atoms with Gasteiger partial charge in [-0.15, -0.1) is 0 Å². The average molecular weight is 251 g/mol. The van der Waals surface area contributed by atoms with Crippen LogP contribution in [0.2, 0.25) is 0 Å². The molecule has 1 aromatic rings. The summed E-state index contributed by atoms with van der Waals surface area (Å²) in [5, 5.41) is 3.50. The van der Waals surface area contributed by atoms with Gasteiger partial charge in [0, 0.05) is 6.54 Å². The van der Waals surface area contributed by atoms with E-state index in [0.717, 1.165) is 37.9 Å². The molecule has 1 aromatic carbocycles. The summed E-state index contributed by atoms with van der Waals surface area (Å²) in [5.41, 5.74) is 2.57. The van der Waals surface area contributed by atoms with Crippen molar-refractivity contribution < 1.29 is 4.39 Å². The fraction of sp³-hybridized carbons (Fsp3) is 0.625. The molecule has 0 amide bonds. The molecule has 0 aliphatic heterocycles. The largest absolute Gasteiger partial charge is 0.316 e. The highest BCUT2D eigenvalue weighted by atomic mass is 19.1. The molecular weight excluding hydrogens is 225 g/mol. The smallest absolute Gasteiger partial charge is 0.123 e. The molecule has 18 heavy (non-hydrogen) atoms. The lowest BCUT2D eigenvalue weighted by atomic mass is 9.80. The first-order valence-electron chi connectivity index (χ1n) is 6.96. The minimum Gasteiger partial charge on any atom is -0.316 e. The molecule has 1 unspecified atom stereocenters. The molecule has 0 aliphatic rings. The number of aryl methyl sites for hydroxylation is 1. The minimum atomic E-state index is -0.140. The van der Waals surface area contributed by atoms with Crippen LogP contribution in [0.1, 0.15) is 44.7 Å². The summed E-state index contributed by atoms with van der Waals surface area (Å²) in [4.78, 5) is 0. The van der Waals surface area contributed by atoms with Crippen molar-refractivity contribution in [2.45, 2.75) is 47.0 Å². The molecule has 0 aliphatic carbocycles. The van der Waals surface area contributed by atoms with Gasteiger partial charge in [-0.2, -0.15) is 0 Å². The SMILES string of the molecule is CCCNCC(C)(CC)Cc1ccc(F)cc1C. The zero-order chi connectivity index (χ0) is 13.6. The predicted octanol–water partition coefficient (Wildman–Crippen LogP) is 4.09. The Hall–Kier alpha value is -0.890. The second-order valence-electron chi connectivity index (χ2n) is 5.59. The van der Waals surface area contributed by atoms with Gasteiger partial charge in [0.1, 0.15) is 5.82 Å². The van der Waals surface area contributed by atoms with Gasteiger partial charge in [-0.25, -0.2) is 4.39 Å². The molecule has 0 bridgehead atoms. The molecule has 0 fully saturated rings. The summed E-state index contributed by atoms with van der Waals surface area (Å²) in [6.45, 7) is 10.8. The maximum Gasteiger partial charge on any atom is 0.123 e. The lowest BCUT2D eigenvalue weighted by Crippen LogP contribution is -2.33. The fourth-order valence-electron chi connectivity index (χ4n) is 2.20. The Morgan fingerprint density at radius 2 is 2.00 bits per heavy atom. The van der Waals surface area contributed by atoms with E-state index in [1.807, 2.05) is 13.0 Å². The van der Waals surface area contributed by atoms with E-state index in [9.17, 15) is 4.39 Å². The van der Waals surface area contributed by atoms with Gasteiger partial charge < -0.3 is 5.32 Å². The minimum absolute atomic E-state index is 0.140. The third-order valence-corrected chi connectivity index (χ3v) is 3.75. The highest BCUT2D eigenvalue weighted by Gasteiger charge is 2.22. The van der Waals surface area contributed by atoms with Gasteiger partial charge in [0.25, 0.3) is 0 Å². The normalized spacial score (nSPS) is 14.5. The number of nitrogens with one attached hydrogen (secondary N) is 1. The second kappa shape index (κ2) is 6.89. The summed E-state index contributed by atoms with van der Waals surface area (Å²) in [7, 11) is 0. The molecule has 0 heterocycles. The van der Waals surface area contributed by atoms with Gasteiger partial charge in [-0.05, 0) is 61.4 Å². The number of rotatable bonds is 7. The van der Waals surface area contributed by atoms with Crippen molar-refractivity contribution in [3.63, 3.8) is 0 Å². The first kappa shape index (κ1) is 15.2. The van der Waals surface area contributed by atoms with Crippen LogP contribution >= 0.6 is 0 Å². The van der Waals surface area contributed by atoms with Gasteiger partial charge >= 0.3 is 0 Å². The Morgan fingerprint density at radius 3 is 2.56 bits per heavy atom.